The molecule has 0 aromatic heterocycles. The lowest BCUT2D eigenvalue weighted by Gasteiger charge is -2.27. The summed E-state index contributed by atoms with van der Waals surface area (Å²) < 4.78 is 81.8. The summed E-state index contributed by atoms with van der Waals surface area (Å²) in [6.45, 7) is -1.08. The molecular weight excluding hydrogens is 524 g/mol. The fourth-order valence-electron chi connectivity index (χ4n) is 5.06. The number of hydrogen-bond acceptors (Lipinski definition) is 5. The highest BCUT2D eigenvalue weighted by Crippen LogP contribution is 2.55. The molecule has 2 saturated heterocycles. The lowest BCUT2D eigenvalue weighted by Crippen LogP contribution is -2.52. The van der Waals surface area contributed by atoms with Crippen LogP contribution >= 0.6 is 0 Å². The van der Waals surface area contributed by atoms with Gasteiger partial charge in [0.25, 0.3) is 5.91 Å². The number of ketones is 1. The monoisotopic (exact) mass is 549 g/mol. The van der Waals surface area contributed by atoms with E-state index in [1.807, 2.05) is 0 Å². The van der Waals surface area contributed by atoms with Crippen LogP contribution in [-0.4, -0.2) is 66.5 Å². The summed E-state index contributed by atoms with van der Waals surface area (Å²) in [6, 6.07) is 1.39. The van der Waals surface area contributed by atoms with E-state index < -0.39 is 77.2 Å². The van der Waals surface area contributed by atoms with E-state index in [0.29, 0.717) is 25.8 Å². The Hall–Kier alpha value is -3.16. The summed E-state index contributed by atoms with van der Waals surface area (Å²) in [7, 11) is 0. The van der Waals surface area contributed by atoms with Gasteiger partial charge in [-0.05, 0) is 49.7 Å². The van der Waals surface area contributed by atoms with Crippen molar-refractivity contribution in [3.05, 3.63) is 35.4 Å². The highest BCUT2D eigenvalue weighted by atomic mass is 19.4. The molecule has 8 nitrogen and oxygen atoms in total. The number of amides is 3. The SMILES string of the molecule is O=C(COC(F)(F)F)C(C[C@@H]1CCNC1=O)NC(=O)[C@@H]1CC2(CC2)CN1C(=O)c1ccccc1C(F)(F)F. The normalized spacial score (nSPS) is 23.3. The first-order valence-electron chi connectivity index (χ1n) is 12.0. The molecule has 2 aliphatic heterocycles. The molecule has 3 atom stereocenters. The number of benzene rings is 1. The zero-order valence-corrected chi connectivity index (χ0v) is 20.0. The quantitative estimate of drug-likeness (QED) is 0.486. The molecule has 14 heteroatoms. The van der Waals surface area contributed by atoms with Crippen molar-refractivity contribution in [3.63, 3.8) is 0 Å². The van der Waals surface area contributed by atoms with E-state index in [1.165, 1.54) is 6.07 Å². The Kier molecular flexibility index (Phi) is 7.47. The lowest BCUT2D eigenvalue weighted by molar-refractivity contribution is -0.321. The molecule has 208 valence electrons. The van der Waals surface area contributed by atoms with Crippen LogP contribution in [-0.2, 0) is 25.3 Å². The predicted molar refractivity (Wildman–Crippen MR) is 117 cm³/mol. The van der Waals surface area contributed by atoms with Gasteiger partial charge >= 0.3 is 12.5 Å². The van der Waals surface area contributed by atoms with E-state index >= 15 is 0 Å². The third-order valence-electron chi connectivity index (χ3n) is 7.26. The van der Waals surface area contributed by atoms with E-state index in [1.54, 1.807) is 0 Å². The number of carbonyl (C=O) groups is 4. The maximum Gasteiger partial charge on any atom is 0.522 e. The van der Waals surface area contributed by atoms with Crippen LogP contribution in [0.2, 0.25) is 0 Å². The number of ether oxygens (including phenoxy) is 1. The molecule has 0 radical (unpaired) electrons. The summed E-state index contributed by atoms with van der Waals surface area (Å²) in [5, 5.41) is 4.89. The number of nitrogens with one attached hydrogen (secondary N) is 2. The fraction of sp³-hybridized carbons (Fsp3) is 0.583. The molecule has 1 aromatic carbocycles. The maximum absolute atomic E-state index is 13.5. The Labute approximate surface area is 213 Å². The molecule has 0 bridgehead atoms. The number of hydrogen-bond donors (Lipinski definition) is 2. The second-order valence-corrected chi connectivity index (χ2v) is 9.97. The Morgan fingerprint density at radius 1 is 1.13 bits per heavy atom. The molecule has 3 aliphatic rings. The first-order chi connectivity index (χ1) is 17.7. The molecule has 1 aliphatic carbocycles. The van der Waals surface area contributed by atoms with Crippen LogP contribution in [0.5, 0.6) is 0 Å². The molecule has 1 aromatic rings. The van der Waals surface area contributed by atoms with Gasteiger partial charge < -0.3 is 15.5 Å². The Bertz CT molecular complexity index is 1120. The van der Waals surface area contributed by atoms with Crippen LogP contribution in [0.15, 0.2) is 24.3 Å². The number of likely N-dealkylation sites (tertiary alicyclic amines) is 1. The number of carbonyl (C=O) groups excluding carboxylic acids is 4. The van der Waals surface area contributed by atoms with Crippen molar-refractivity contribution < 1.29 is 50.3 Å². The van der Waals surface area contributed by atoms with Crippen molar-refractivity contribution in [1.82, 2.24) is 15.5 Å². The molecule has 3 amide bonds. The summed E-state index contributed by atoms with van der Waals surface area (Å²) in [4.78, 5) is 52.2. The number of rotatable bonds is 8. The van der Waals surface area contributed by atoms with Gasteiger partial charge in [-0.2, -0.15) is 13.2 Å². The van der Waals surface area contributed by atoms with Gasteiger partial charge in [-0.1, -0.05) is 12.1 Å². The molecule has 1 spiro atoms. The second kappa shape index (κ2) is 10.2. The van der Waals surface area contributed by atoms with Gasteiger partial charge in [-0.15, -0.1) is 13.2 Å². The van der Waals surface area contributed by atoms with Gasteiger partial charge in [0, 0.05) is 19.0 Å². The smallest absolute Gasteiger partial charge is 0.356 e. The van der Waals surface area contributed by atoms with Gasteiger partial charge in [0.1, 0.15) is 12.6 Å². The number of Topliss-reactive ketones (excluding diaryl/α,β-unsaturated/α-hetero) is 1. The average molecular weight is 549 g/mol. The van der Waals surface area contributed by atoms with Gasteiger partial charge in [-0.25, -0.2) is 0 Å². The van der Waals surface area contributed by atoms with E-state index in [9.17, 15) is 45.5 Å². The number of halogens is 6. The molecule has 2 N–H and O–H groups in total. The van der Waals surface area contributed by atoms with E-state index in [0.717, 1.165) is 23.1 Å². The molecule has 2 heterocycles. The van der Waals surface area contributed by atoms with Gasteiger partial charge in [0.2, 0.25) is 11.8 Å². The lowest BCUT2D eigenvalue weighted by atomic mass is 9.95. The summed E-state index contributed by atoms with van der Waals surface area (Å²) in [6.07, 6.45) is -8.50. The molecule has 38 heavy (non-hydrogen) atoms. The summed E-state index contributed by atoms with van der Waals surface area (Å²) >= 11 is 0. The predicted octanol–water partition coefficient (Wildman–Crippen LogP) is 2.82. The molecule has 4 rings (SSSR count). The van der Waals surface area contributed by atoms with E-state index in [2.05, 4.69) is 15.4 Å². The first-order valence-corrected chi connectivity index (χ1v) is 12.0. The van der Waals surface area contributed by atoms with E-state index in [4.69, 9.17) is 0 Å². The highest BCUT2D eigenvalue weighted by molar-refractivity contribution is 6.00. The maximum atomic E-state index is 13.5. The van der Waals surface area contributed by atoms with Crippen molar-refractivity contribution in [2.24, 2.45) is 11.3 Å². The van der Waals surface area contributed by atoms with Crippen LogP contribution in [0, 0.1) is 11.3 Å². The van der Waals surface area contributed by atoms with Gasteiger partial charge in [0.05, 0.1) is 17.2 Å². The van der Waals surface area contributed by atoms with Crippen molar-refractivity contribution >= 4 is 23.5 Å². The third-order valence-corrected chi connectivity index (χ3v) is 7.26. The van der Waals surface area contributed by atoms with Crippen LogP contribution < -0.4 is 10.6 Å². The largest absolute Gasteiger partial charge is 0.522 e. The minimum Gasteiger partial charge on any atom is -0.356 e. The second-order valence-electron chi connectivity index (χ2n) is 9.97. The number of alkyl halides is 6. The van der Waals surface area contributed by atoms with Crippen LogP contribution in [0.25, 0.3) is 0 Å². The first kappa shape index (κ1) is 27.9. The standard InChI is InChI=1S/C24H25F6N3O5/c25-23(26,27)15-4-2-1-3-14(15)21(37)33-12-22(6-7-22)10-17(33)20(36)32-16(9-13-5-8-31-19(13)35)18(34)11-38-24(28,29)30/h1-4,13,16-17H,5-12H2,(H,31,35)(H,32,36)/t13-,16?,17-/m0/s1. The minimum absolute atomic E-state index is 0.0247. The fourth-order valence-corrected chi connectivity index (χ4v) is 5.06. The van der Waals surface area contributed by atoms with Gasteiger partial charge in [-0.3, -0.25) is 23.9 Å². The van der Waals surface area contributed by atoms with Crippen molar-refractivity contribution in [1.29, 1.82) is 0 Å². The van der Waals surface area contributed by atoms with Crippen LogP contribution in [0.3, 0.4) is 0 Å². The highest BCUT2D eigenvalue weighted by Gasteiger charge is 2.56. The third kappa shape index (κ3) is 6.27. The topological polar surface area (TPSA) is 105 Å². The number of nitrogens with zero attached hydrogens (tertiary/aromatic N) is 1. The molecule has 1 saturated carbocycles. The molecular formula is C24H25F6N3O5. The minimum atomic E-state index is -5.10. The summed E-state index contributed by atoms with van der Waals surface area (Å²) in [5.41, 5.74) is -2.25. The average Bonchev–Trinajstić information content (AvgIpc) is 3.30. The Morgan fingerprint density at radius 2 is 1.82 bits per heavy atom. The van der Waals surface area contributed by atoms with Crippen molar-refractivity contribution in [2.75, 3.05) is 19.7 Å². The Morgan fingerprint density at radius 3 is 2.39 bits per heavy atom. The molecule has 3 fully saturated rings. The summed E-state index contributed by atoms with van der Waals surface area (Å²) in [5.74, 6) is -4.21. The van der Waals surface area contributed by atoms with Crippen LogP contribution in [0.1, 0.15) is 48.0 Å². The van der Waals surface area contributed by atoms with Gasteiger partial charge in [0.15, 0.2) is 5.78 Å². The van der Waals surface area contributed by atoms with Crippen molar-refractivity contribution in [3.8, 4) is 0 Å². The zero-order valence-electron chi connectivity index (χ0n) is 20.0. The molecule has 1 unspecified atom stereocenters. The van der Waals surface area contributed by atoms with Crippen molar-refractivity contribution in [2.45, 2.75) is 56.7 Å². The Balaban J connectivity index is 1.55. The van der Waals surface area contributed by atoms with E-state index in [-0.39, 0.29) is 19.4 Å². The zero-order chi connectivity index (χ0) is 27.9. The van der Waals surface area contributed by atoms with Crippen LogP contribution in [0.4, 0.5) is 26.3 Å².